The van der Waals surface area contributed by atoms with Crippen molar-refractivity contribution in [1.82, 2.24) is 0 Å². The van der Waals surface area contributed by atoms with Crippen LogP contribution in [0.1, 0.15) is 22.8 Å². The van der Waals surface area contributed by atoms with Crippen LogP contribution in [-0.4, -0.2) is 29.8 Å². The molecule has 1 aromatic carbocycles. The largest absolute Gasteiger partial charge is 0.416 e. The van der Waals surface area contributed by atoms with E-state index in [2.05, 4.69) is 0 Å². The van der Waals surface area contributed by atoms with Crippen LogP contribution >= 0.6 is 0 Å². The van der Waals surface area contributed by atoms with E-state index in [1.807, 2.05) is 0 Å². The van der Waals surface area contributed by atoms with Gasteiger partial charge in [0, 0.05) is 5.56 Å². The van der Waals surface area contributed by atoms with Crippen molar-refractivity contribution < 1.29 is 40.6 Å². The summed E-state index contributed by atoms with van der Waals surface area (Å²) in [6.45, 7) is -1.27. The monoisotopic (exact) mass is 332 g/mol. The second-order valence-corrected chi connectivity index (χ2v) is 4.90. The number of aliphatic hydroxyl groups excluding tert-OH is 1. The van der Waals surface area contributed by atoms with E-state index in [0.29, 0.717) is 31.2 Å². The van der Waals surface area contributed by atoms with Crippen molar-refractivity contribution in [2.24, 2.45) is 5.41 Å². The van der Waals surface area contributed by atoms with Crippen molar-refractivity contribution in [1.29, 1.82) is 0 Å². The lowest BCUT2D eigenvalue weighted by Gasteiger charge is -2.31. The van der Waals surface area contributed by atoms with E-state index in [1.165, 1.54) is 0 Å². The Morgan fingerprint density at radius 1 is 1.09 bits per heavy atom. The first-order chi connectivity index (χ1) is 9.84. The van der Waals surface area contributed by atoms with Crippen LogP contribution in [0.2, 0.25) is 0 Å². The molecule has 0 amide bonds. The van der Waals surface area contributed by atoms with Gasteiger partial charge in [0.2, 0.25) is 0 Å². The minimum atomic E-state index is -5.25. The summed E-state index contributed by atoms with van der Waals surface area (Å²) in [5.41, 5.74) is -4.50. The SMILES string of the molecule is CC(CF)(C(=O)c1ccc(C(F)(F)F)cc1)C(O)C(F)(F)F. The predicted octanol–water partition coefficient (Wildman–Crippen LogP) is 3.79. The maximum atomic E-state index is 13.0. The molecule has 0 aliphatic heterocycles. The number of ketones is 1. The first-order valence-corrected chi connectivity index (χ1v) is 5.87. The first-order valence-electron chi connectivity index (χ1n) is 5.87. The highest BCUT2D eigenvalue weighted by Crippen LogP contribution is 2.37. The normalized spacial score (nSPS) is 17.0. The smallest absolute Gasteiger partial charge is 0.383 e. The molecule has 9 heteroatoms. The molecule has 0 spiro atoms. The number of alkyl halides is 7. The minimum Gasteiger partial charge on any atom is -0.383 e. The van der Waals surface area contributed by atoms with Gasteiger partial charge in [-0.3, -0.25) is 4.79 Å². The van der Waals surface area contributed by atoms with Gasteiger partial charge < -0.3 is 5.11 Å². The van der Waals surface area contributed by atoms with Crippen molar-refractivity contribution in [2.75, 3.05) is 6.67 Å². The highest BCUT2D eigenvalue weighted by Gasteiger charge is 2.54. The Morgan fingerprint density at radius 2 is 1.55 bits per heavy atom. The van der Waals surface area contributed by atoms with E-state index in [0.717, 1.165) is 0 Å². The number of carbonyl (C=O) groups is 1. The molecule has 1 aromatic rings. The van der Waals surface area contributed by atoms with Gasteiger partial charge in [0.15, 0.2) is 11.9 Å². The Bertz CT molecular complexity index is 533. The van der Waals surface area contributed by atoms with E-state index < -0.39 is 47.5 Å². The fourth-order valence-electron chi connectivity index (χ4n) is 1.76. The summed E-state index contributed by atoms with van der Waals surface area (Å²) in [5, 5.41) is 9.15. The second-order valence-electron chi connectivity index (χ2n) is 4.90. The summed E-state index contributed by atoms with van der Waals surface area (Å²) in [4.78, 5) is 12.0. The third-order valence-corrected chi connectivity index (χ3v) is 3.18. The molecule has 0 saturated heterocycles. The Hall–Kier alpha value is -1.64. The van der Waals surface area contributed by atoms with Crippen LogP contribution in [0.15, 0.2) is 24.3 Å². The van der Waals surface area contributed by atoms with Gasteiger partial charge in [-0.15, -0.1) is 0 Å². The zero-order valence-corrected chi connectivity index (χ0v) is 11.1. The van der Waals surface area contributed by atoms with E-state index in [9.17, 15) is 35.5 Å². The lowest BCUT2D eigenvalue weighted by atomic mass is 9.78. The molecule has 2 unspecified atom stereocenters. The summed E-state index contributed by atoms with van der Waals surface area (Å²) in [5.74, 6) is -1.44. The summed E-state index contributed by atoms with van der Waals surface area (Å²) in [7, 11) is 0. The second kappa shape index (κ2) is 5.86. The summed E-state index contributed by atoms with van der Waals surface area (Å²) < 4.78 is 87.6. The highest BCUT2D eigenvalue weighted by atomic mass is 19.4. The number of benzene rings is 1. The van der Waals surface area contributed by atoms with Crippen molar-refractivity contribution in [3.63, 3.8) is 0 Å². The van der Waals surface area contributed by atoms with Gasteiger partial charge in [-0.05, 0) is 19.1 Å². The number of hydrogen-bond donors (Lipinski definition) is 1. The van der Waals surface area contributed by atoms with Gasteiger partial charge in [-0.25, -0.2) is 4.39 Å². The molecule has 0 bridgehead atoms. The van der Waals surface area contributed by atoms with Gasteiger partial charge >= 0.3 is 12.4 Å². The van der Waals surface area contributed by atoms with Crippen LogP contribution in [-0.2, 0) is 6.18 Å². The van der Waals surface area contributed by atoms with Gasteiger partial charge in [0.25, 0.3) is 0 Å². The van der Waals surface area contributed by atoms with Crippen LogP contribution in [0.3, 0.4) is 0 Å². The Morgan fingerprint density at radius 3 is 1.86 bits per heavy atom. The molecule has 2 nitrogen and oxygen atoms in total. The summed E-state index contributed by atoms with van der Waals surface area (Å²) >= 11 is 0. The van der Waals surface area contributed by atoms with Crippen LogP contribution in [0.4, 0.5) is 30.7 Å². The zero-order chi connectivity index (χ0) is 17.3. The molecule has 0 saturated carbocycles. The van der Waals surface area contributed by atoms with Gasteiger partial charge in [-0.2, -0.15) is 26.3 Å². The molecular formula is C13H11F7O2. The highest BCUT2D eigenvalue weighted by molar-refractivity contribution is 6.01. The first kappa shape index (κ1) is 18.4. The maximum absolute atomic E-state index is 13.0. The molecular weight excluding hydrogens is 321 g/mol. The van der Waals surface area contributed by atoms with Crippen molar-refractivity contribution in [2.45, 2.75) is 25.4 Å². The number of halogens is 7. The number of hydrogen-bond acceptors (Lipinski definition) is 2. The third kappa shape index (κ3) is 3.57. The van der Waals surface area contributed by atoms with Gasteiger partial charge in [-0.1, -0.05) is 12.1 Å². The number of aliphatic hydroxyl groups is 1. The molecule has 0 fully saturated rings. The molecule has 1 rings (SSSR count). The molecule has 0 radical (unpaired) electrons. The molecule has 0 aromatic heterocycles. The third-order valence-electron chi connectivity index (χ3n) is 3.18. The minimum absolute atomic E-state index is 0.492. The van der Waals surface area contributed by atoms with Crippen molar-refractivity contribution >= 4 is 5.78 Å². The summed E-state index contributed by atoms with van der Waals surface area (Å²) in [6.07, 6.45) is -13.2. The number of rotatable bonds is 4. The van der Waals surface area contributed by atoms with E-state index in [4.69, 9.17) is 5.11 Å². The molecule has 0 aliphatic carbocycles. The molecule has 0 heterocycles. The quantitative estimate of drug-likeness (QED) is 0.673. The number of Topliss-reactive ketones (excluding diaryl/α,β-unsaturated/α-hetero) is 1. The van der Waals surface area contributed by atoms with E-state index in [1.54, 1.807) is 0 Å². The van der Waals surface area contributed by atoms with Crippen LogP contribution in [0.25, 0.3) is 0 Å². The molecule has 22 heavy (non-hydrogen) atoms. The summed E-state index contributed by atoms with van der Waals surface area (Å²) in [6, 6.07) is 2.27. The van der Waals surface area contributed by atoms with Gasteiger partial charge in [0.1, 0.15) is 6.67 Å². The van der Waals surface area contributed by atoms with Crippen LogP contribution in [0, 0.1) is 5.41 Å². The zero-order valence-electron chi connectivity index (χ0n) is 11.1. The Kier molecular flexibility index (Phi) is 4.91. The molecule has 1 N–H and O–H groups in total. The fourth-order valence-corrected chi connectivity index (χ4v) is 1.76. The maximum Gasteiger partial charge on any atom is 0.416 e. The standard InChI is InChI=1S/C13H11F7O2/c1-11(6-14,10(22)13(18,19)20)9(21)7-2-4-8(5-3-7)12(15,16)17/h2-5,10,22H,6H2,1H3. The van der Waals surface area contributed by atoms with E-state index >= 15 is 0 Å². The lowest BCUT2D eigenvalue weighted by Crippen LogP contribution is -2.49. The fraction of sp³-hybridized carbons (Fsp3) is 0.462. The topological polar surface area (TPSA) is 37.3 Å². The predicted molar refractivity (Wildman–Crippen MR) is 61.9 cm³/mol. The Labute approximate surface area is 120 Å². The number of carbonyl (C=O) groups excluding carboxylic acids is 1. The lowest BCUT2D eigenvalue weighted by molar-refractivity contribution is -0.230. The van der Waals surface area contributed by atoms with Crippen LogP contribution < -0.4 is 0 Å². The molecule has 0 aliphatic rings. The van der Waals surface area contributed by atoms with Crippen molar-refractivity contribution in [3.8, 4) is 0 Å². The molecule has 2 atom stereocenters. The van der Waals surface area contributed by atoms with Crippen LogP contribution in [0.5, 0.6) is 0 Å². The molecule has 124 valence electrons. The average Bonchev–Trinajstić information content (AvgIpc) is 2.43. The average molecular weight is 332 g/mol. The van der Waals surface area contributed by atoms with Crippen molar-refractivity contribution in [3.05, 3.63) is 35.4 Å². The Balaban J connectivity index is 3.17. The van der Waals surface area contributed by atoms with E-state index in [-0.39, 0.29) is 0 Å². The van der Waals surface area contributed by atoms with Gasteiger partial charge in [0.05, 0.1) is 11.0 Å².